The predicted octanol–water partition coefficient (Wildman–Crippen LogP) is 3.48. The van der Waals surface area contributed by atoms with E-state index in [0.29, 0.717) is 27.2 Å². The molecule has 0 radical (unpaired) electrons. The topological polar surface area (TPSA) is 70.8 Å². The second kappa shape index (κ2) is 6.46. The Bertz CT molecular complexity index is 672. The van der Waals surface area contributed by atoms with Crippen LogP contribution >= 0.6 is 23.4 Å². The van der Waals surface area contributed by atoms with Gasteiger partial charge in [-0.15, -0.1) is 11.8 Å². The summed E-state index contributed by atoms with van der Waals surface area (Å²) in [5.41, 5.74) is 1.13. The van der Waals surface area contributed by atoms with Crippen LogP contribution in [0.15, 0.2) is 29.6 Å². The van der Waals surface area contributed by atoms with Crippen molar-refractivity contribution in [3.63, 3.8) is 0 Å². The van der Waals surface area contributed by atoms with Gasteiger partial charge >= 0.3 is 0 Å². The number of ether oxygens (including phenoxy) is 1. The van der Waals surface area contributed by atoms with Gasteiger partial charge in [-0.3, -0.25) is 0 Å². The van der Waals surface area contributed by atoms with Gasteiger partial charge in [-0.05, 0) is 24.5 Å². The van der Waals surface area contributed by atoms with E-state index in [1.165, 1.54) is 18.1 Å². The summed E-state index contributed by atoms with van der Waals surface area (Å²) in [6.45, 7) is 0. The number of aromatic nitrogens is 2. The van der Waals surface area contributed by atoms with Crippen molar-refractivity contribution in [1.82, 2.24) is 9.97 Å². The van der Waals surface area contributed by atoms with E-state index in [-0.39, 0.29) is 0 Å². The third kappa shape index (κ3) is 2.95. The summed E-state index contributed by atoms with van der Waals surface area (Å²) in [7, 11) is 1.55. The molecule has 0 aliphatic heterocycles. The summed E-state index contributed by atoms with van der Waals surface area (Å²) in [5, 5.41) is 13.4. The Morgan fingerprint density at radius 3 is 2.80 bits per heavy atom. The van der Waals surface area contributed by atoms with E-state index in [9.17, 15) is 5.26 Å². The van der Waals surface area contributed by atoms with Crippen molar-refractivity contribution < 1.29 is 4.74 Å². The maximum atomic E-state index is 9.22. The molecule has 1 heterocycles. The van der Waals surface area contributed by atoms with Crippen LogP contribution in [0.25, 0.3) is 0 Å². The summed E-state index contributed by atoms with van der Waals surface area (Å²) in [6.07, 6.45) is 3.28. The molecule has 0 saturated heterocycles. The quantitative estimate of drug-likeness (QED) is 0.689. The fourth-order valence-electron chi connectivity index (χ4n) is 1.60. The Hall–Kier alpha value is -1.97. The molecule has 5 nitrogen and oxygen atoms in total. The molecule has 0 bridgehead atoms. The lowest BCUT2D eigenvalue weighted by Crippen LogP contribution is -2.00. The van der Waals surface area contributed by atoms with E-state index in [1.54, 1.807) is 25.3 Å². The molecule has 1 aromatic heterocycles. The molecule has 0 aliphatic carbocycles. The van der Waals surface area contributed by atoms with Crippen LogP contribution in [0, 0.1) is 11.3 Å². The molecule has 102 valence electrons. The van der Waals surface area contributed by atoms with Gasteiger partial charge in [0.25, 0.3) is 0 Å². The van der Waals surface area contributed by atoms with Gasteiger partial charge in [-0.25, -0.2) is 9.97 Å². The average molecular weight is 307 g/mol. The van der Waals surface area contributed by atoms with Crippen LogP contribution < -0.4 is 10.1 Å². The molecule has 1 aromatic carbocycles. The van der Waals surface area contributed by atoms with Crippen LogP contribution in [-0.4, -0.2) is 23.3 Å². The summed E-state index contributed by atoms with van der Waals surface area (Å²) < 4.78 is 5.09. The molecule has 0 saturated carbocycles. The van der Waals surface area contributed by atoms with Gasteiger partial charge in [-0.1, -0.05) is 11.6 Å². The van der Waals surface area contributed by atoms with Crippen LogP contribution in [-0.2, 0) is 0 Å². The molecule has 0 spiro atoms. The SMILES string of the molecule is COc1ccc(Nc2ncnc(SC)c2C#N)cc1Cl. The molecule has 20 heavy (non-hydrogen) atoms. The second-order valence-corrected chi connectivity index (χ2v) is 4.89. The highest BCUT2D eigenvalue weighted by molar-refractivity contribution is 7.98. The normalized spacial score (nSPS) is 9.90. The number of methoxy groups -OCH3 is 1. The Morgan fingerprint density at radius 2 is 2.20 bits per heavy atom. The number of thioether (sulfide) groups is 1. The van der Waals surface area contributed by atoms with E-state index in [4.69, 9.17) is 16.3 Å². The van der Waals surface area contributed by atoms with Crippen molar-refractivity contribution >= 4 is 34.9 Å². The molecule has 0 atom stereocenters. The first kappa shape index (κ1) is 14.4. The summed E-state index contributed by atoms with van der Waals surface area (Å²) >= 11 is 7.46. The maximum absolute atomic E-state index is 9.22. The minimum Gasteiger partial charge on any atom is -0.495 e. The molecule has 0 aliphatic rings. The van der Waals surface area contributed by atoms with Crippen LogP contribution in [0.4, 0.5) is 11.5 Å². The average Bonchev–Trinajstić information content (AvgIpc) is 2.47. The second-order valence-electron chi connectivity index (χ2n) is 3.69. The molecule has 7 heteroatoms. The van der Waals surface area contributed by atoms with E-state index in [2.05, 4.69) is 21.4 Å². The fraction of sp³-hybridized carbons (Fsp3) is 0.154. The number of halogens is 1. The van der Waals surface area contributed by atoms with Crippen molar-refractivity contribution in [3.8, 4) is 11.8 Å². The smallest absolute Gasteiger partial charge is 0.152 e. The summed E-state index contributed by atoms with van der Waals surface area (Å²) in [5.74, 6) is 1.04. The number of nitrogens with zero attached hydrogens (tertiary/aromatic N) is 3. The summed E-state index contributed by atoms with van der Waals surface area (Å²) in [6, 6.07) is 7.36. The molecule has 0 unspecified atom stereocenters. The lowest BCUT2D eigenvalue weighted by molar-refractivity contribution is 0.415. The lowest BCUT2D eigenvalue weighted by atomic mass is 10.2. The number of nitrogens with one attached hydrogen (secondary N) is 1. The van der Waals surface area contributed by atoms with Gasteiger partial charge in [0, 0.05) is 5.69 Å². The van der Waals surface area contributed by atoms with E-state index in [1.807, 2.05) is 6.26 Å². The largest absolute Gasteiger partial charge is 0.495 e. The molecule has 0 amide bonds. The predicted molar refractivity (Wildman–Crippen MR) is 79.8 cm³/mol. The number of benzene rings is 1. The number of anilines is 2. The van der Waals surface area contributed by atoms with Crippen LogP contribution in [0.1, 0.15) is 5.56 Å². The zero-order valence-corrected chi connectivity index (χ0v) is 12.4. The Kier molecular flexibility index (Phi) is 4.66. The van der Waals surface area contributed by atoms with Gasteiger partial charge in [0.2, 0.25) is 0 Å². The fourth-order valence-corrected chi connectivity index (χ4v) is 2.36. The third-order valence-corrected chi connectivity index (χ3v) is 3.52. The molecular weight excluding hydrogens is 296 g/mol. The van der Waals surface area contributed by atoms with Crippen molar-refractivity contribution in [3.05, 3.63) is 35.1 Å². The first-order valence-corrected chi connectivity index (χ1v) is 7.19. The molecule has 0 fully saturated rings. The Morgan fingerprint density at radius 1 is 1.40 bits per heavy atom. The van der Waals surface area contributed by atoms with Gasteiger partial charge in [0.15, 0.2) is 5.82 Å². The minimum atomic E-state index is 0.409. The Labute approximate surface area is 126 Å². The number of nitriles is 1. The Balaban J connectivity index is 2.35. The highest BCUT2D eigenvalue weighted by atomic mass is 35.5. The molecule has 2 rings (SSSR count). The summed E-state index contributed by atoms with van der Waals surface area (Å²) in [4.78, 5) is 8.15. The number of hydrogen-bond donors (Lipinski definition) is 1. The van der Waals surface area contributed by atoms with Crippen molar-refractivity contribution in [1.29, 1.82) is 5.26 Å². The maximum Gasteiger partial charge on any atom is 0.152 e. The highest BCUT2D eigenvalue weighted by Gasteiger charge is 2.11. The van der Waals surface area contributed by atoms with E-state index in [0.717, 1.165) is 5.69 Å². The van der Waals surface area contributed by atoms with Crippen molar-refractivity contribution in [2.45, 2.75) is 5.03 Å². The lowest BCUT2D eigenvalue weighted by Gasteiger charge is -2.10. The van der Waals surface area contributed by atoms with Gasteiger partial charge < -0.3 is 10.1 Å². The van der Waals surface area contributed by atoms with E-state index >= 15 is 0 Å². The van der Waals surface area contributed by atoms with Gasteiger partial charge in [0.05, 0.1) is 12.1 Å². The zero-order chi connectivity index (χ0) is 14.5. The van der Waals surface area contributed by atoms with Crippen molar-refractivity contribution in [2.24, 2.45) is 0 Å². The standard InChI is InChI=1S/C13H11ClN4OS/c1-19-11-4-3-8(5-10(11)14)18-12-9(6-15)13(20-2)17-7-16-12/h3-5,7H,1-2H3,(H,16,17,18). The van der Waals surface area contributed by atoms with Crippen LogP contribution in [0.3, 0.4) is 0 Å². The zero-order valence-electron chi connectivity index (χ0n) is 10.8. The first-order valence-electron chi connectivity index (χ1n) is 5.59. The van der Waals surface area contributed by atoms with Crippen molar-refractivity contribution in [2.75, 3.05) is 18.7 Å². The first-order chi connectivity index (χ1) is 9.69. The minimum absolute atomic E-state index is 0.409. The number of rotatable bonds is 4. The monoisotopic (exact) mass is 306 g/mol. The van der Waals surface area contributed by atoms with Crippen LogP contribution in [0.2, 0.25) is 5.02 Å². The molecule has 1 N–H and O–H groups in total. The molecular formula is C13H11ClN4OS. The highest BCUT2D eigenvalue weighted by Crippen LogP contribution is 2.30. The third-order valence-electron chi connectivity index (χ3n) is 2.53. The van der Waals surface area contributed by atoms with Gasteiger partial charge in [-0.2, -0.15) is 5.26 Å². The number of hydrogen-bond acceptors (Lipinski definition) is 6. The van der Waals surface area contributed by atoms with E-state index < -0.39 is 0 Å². The van der Waals surface area contributed by atoms with Crippen LogP contribution in [0.5, 0.6) is 5.75 Å². The molecule has 2 aromatic rings. The van der Waals surface area contributed by atoms with Gasteiger partial charge in [0.1, 0.15) is 28.7 Å².